The minimum atomic E-state index is -2.16. The number of nitrogens with one attached hydrogen (secondary N) is 14. The molecule has 44 heteroatoms. The Hall–Kier alpha value is -9.67. The number of aliphatic hydroxyl groups excluding tert-OH is 7. The first kappa shape index (κ1) is 101. The van der Waals surface area contributed by atoms with Crippen LogP contribution < -0.4 is 74.9 Å². The fourth-order valence-electron chi connectivity index (χ4n) is 12.6. The lowest BCUT2D eigenvalue weighted by Crippen LogP contribution is -2.66. The number of carboxylic acid groups (broad SMARTS) is 3. The van der Waals surface area contributed by atoms with Crippen molar-refractivity contribution < 1.29 is 133 Å². The van der Waals surface area contributed by atoms with Gasteiger partial charge in [-0.1, -0.05) is 55.4 Å². The Balaban J connectivity index is 1.84. The Bertz CT molecular complexity index is 3500. The molecule has 2 aliphatic rings. The average Bonchev–Trinajstić information content (AvgIpc) is 1.62. The van der Waals surface area contributed by atoms with Gasteiger partial charge in [0.2, 0.25) is 76.8 Å². The number of H-pyrrole nitrogens is 1. The number of imidazole rings is 1. The highest BCUT2D eigenvalue weighted by molar-refractivity contribution is 6.00. The lowest BCUT2D eigenvalue weighted by molar-refractivity contribution is -0.153. The van der Waals surface area contributed by atoms with Gasteiger partial charge in [0.25, 0.3) is 0 Å². The lowest BCUT2D eigenvalue weighted by atomic mass is 9.97. The maximum absolute atomic E-state index is 14.6. The summed E-state index contributed by atoms with van der Waals surface area (Å²) in [6.07, 6.45) is -8.78. The van der Waals surface area contributed by atoms with E-state index in [1.807, 2.05) is 0 Å². The van der Waals surface area contributed by atoms with Gasteiger partial charge in [-0.15, -0.1) is 0 Å². The molecule has 0 saturated carbocycles. The molecule has 2 fully saturated rings. The number of carboxylic acids is 3. The zero-order valence-electron chi connectivity index (χ0n) is 67.3. The highest BCUT2D eigenvalue weighted by Crippen LogP contribution is 2.31. The van der Waals surface area contributed by atoms with Crippen LogP contribution in [0.15, 0.2) is 12.5 Å². The van der Waals surface area contributed by atoms with Gasteiger partial charge in [0.15, 0.2) is 5.72 Å². The number of aromatic amines is 1. The van der Waals surface area contributed by atoms with Crippen molar-refractivity contribution in [3.05, 3.63) is 18.2 Å². The summed E-state index contributed by atoms with van der Waals surface area (Å²) >= 11 is 0. The average molecular weight is 1660 g/mol. The molecule has 3 rings (SSSR count). The van der Waals surface area contributed by atoms with E-state index in [1.165, 1.54) is 33.3 Å². The number of aliphatic carboxylic acids is 3. The number of hydrogen-bond acceptors (Lipinski definition) is 27. The Morgan fingerprint density at radius 1 is 0.526 bits per heavy atom. The number of amides is 13. The van der Waals surface area contributed by atoms with E-state index in [0.717, 1.165) is 25.7 Å². The van der Waals surface area contributed by atoms with Crippen LogP contribution in [0.4, 0.5) is 0 Å². The molecule has 0 bridgehead atoms. The van der Waals surface area contributed by atoms with Crippen molar-refractivity contribution in [2.24, 2.45) is 29.4 Å². The van der Waals surface area contributed by atoms with Crippen molar-refractivity contribution in [1.82, 2.24) is 84.0 Å². The van der Waals surface area contributed by atoms with Gasteiger partial charge in [0, 0.05) is 37.7 Å². The van der Waals surface area contributed by atoms with Gasteiger partial charge < -0.3 is 135 Å². The number of unbranched alkanes of at least 4 members (excludes halogenated alkanes) is 1. The zero-order chi connectivity index (χ0) is 87.9. The second kappa shape index (κ2) is 48.1. The van der Waals surface area contributed by atoms with E-state index in [1.54, 1.807) is 41.5 Å². The largest absolute Gasteiger partial charge is 0.481 e. The molecule has 2 aliphatic heterocycles. The Kier molecular flexibility index (Phi) is 41.7. The van der Waals surface area contributed by atoms with Crippen LogP contribution in [0.3, 0.4) is 0 Å². The van der Waals surface area contributed by atoms with E-state index in [-0.39, 0.29) is 76.3 Å². The molecule has 13 amide bonds. The van der Waals surface area contributed by atoms with Crippen LogP contribution in [0, 0.1) is 23.7 Å². The predicted molar refractivity (Wildman–Crippen MR) is 406 cm³/mol. The van der Waals surface area contributed by atoms with Crippen molar-refractivity contribution in [3.63, 3.8) is 0 Å². The highest BCUT2D eigenvalue weighted by Gasteiger charge is 2.56. The van der Waals surface area contributed by atoms with Crippen molar-refractivity contribution >= 4 is 94.7 Å². The number of ether oxygens (including phenoxy) is 1. The fraction of sp³-hybridized carbons (Fsp3) is 0.736. The number of likely N-dealkylation sites (tertiary alicyclic amines) is 1. The molecule has 0 unspecified atom stereocenters. The minimum absolute atomic E-state index is 0.0676. The third kappa shape index (κ3) is 31.1. The summed E-state index contributed by atoms with van der Waals surface area (Å²) in [6.45, 7) is 14.7. The molecule has 3 heterocycles. The normalized spacial score (nSPS) is 20.6. The number of aromatic nitrogens is 2. The molecule has 2 saturated heterocycles. The first-order valence-electron chi connectivity index (χ1n) is 38.6. The Morgan fingerprint density at radius 3 is 1.44 bits per heavy atom. The maximum Gasteiger partial charge on any atom is 0.326 e. The van der Waals surface area contributed by atoms with Crippen LogP contribution in [0.5, 0.6) is 0 Å². The molecule has 0 aliphatic carbocycles. The number of nitrogens with zero attached hydrogens (tertiary/aromatic N) is 2. The summed E-state index contributed by atoms with van der Waals surface area (Å²) in [5.41, 5.74) is 3.89. The van der Waals surface area contributed by atoms with Gasteiger partial charge in [-0.05, 0) is 116 Å². The van der Waals surface area contributed by atoms with Gasteiger partial charge in [0.1, 0.15) is 96.9 Å². The summed E-state index contributed by atoms with van der Waals surface area (Å²) < 4.78 is 5.62. The summed E-state index contributed by atoms with van der Waals surface area (Å²) in [7, 11) is 0. The molecule has 1 aromatic heterocycles. The topological polar surface area (TPSA) is 699 Å². The Morgan fingerprint density at radius 2 is 0.966 bits per heavy atom. The molecule has 44 nitrogen and oxygen atoms in total. The molecular weight excluding hydrogens is 1530 g/mol. The number of hydrogen-bond donors (Lipinski definition) is 25. The zero-order valence-corrected chi connectivity index (χ0v) is 67.3. The van der Waals surface area contributed by atoms with Crippen molar-refractivity contribution in [2.45, 2.75) is 281 Å². The second-order valence-corrected chi connectivity index (χ2v) is 30.7. The smallest absolute Gasteiger partial charge is 0.326 e. The molecule has 1 aromatic rings. The van der Waals surface area contributed by atoms with Gasteiger partial charge in [-0.2, -0.15) is 0 Å². The van der Waals surface area contributed by atoms with Crippen molar-refractivity contribution in [3.8, 4) is 0 Å². The quantitative estimate of drug-likeness (QED) is 0.0269. The number of nitrogens with two attached hydrogens (primary N) is 1. The highest BCUT2D eigenvalue weighted by atomic mass is 16.6. The third-order valence-corrected chi connectivity index (χ3v) is 19.2. The maximum atomic E-state index is 14.6. The van der Waals surface area contributed by atoms with Gasteiger partial charge in [0.05, 0.1) is 44.4 Å². The molecule has 26 N–H and O–H groups in total. The second-order valence-electron chi connectivity index (χ2n) is 30.7. The van der Waals surface area contributed by atoms with E-state index < -0.39 is 273 Å². The lowest BCUT2D eigenvalue weighted by Gasteiger charge is -2.36. The summed E-state index contributed by atoms with van der Waals surface area (Å²) in [5.74, 6) is -19.9. The molecule has 20 atom stereocenters. The Labute approximate surface area is 670 Å². The first-order valence-corrected chi connectivity index (χ1v) is 38.6. The van der Waals surface area contributed by atoms with Crippen molar-refractivity contribution in [2.75, 3.05) is 32.9 Å². The van der Waals surface area contributed by atoms with E-state index >= 15 is 0 Å². The van der Waals surface area contributed by atoms with Gasteiger partial charge >= 0.3 is 17.9 Å². The monoisotopic (exact) mass is 1660 g/mol. The summed E-state index contributed by atoms with van der Waals surface area (Å²) in [4.78, 5) is 226. The molecule has 0 spiro atoms. The van der Waals surface area contributed by atoms with E-state index in [9.17, 15) is 128 Å². The number of carbonyl (C=O) groups excluding carboxylic acids is 13. The van der Waals surface area contributed by atoms with Crippen LogP contribution >= 0.6 is 0 Å². The third-order valence-electron chi connectivity index (χ3n) is 19.2. The predicted octanol–water partition coefficient (Wildman–Crippen LogP) is -8.34. The van der Waals surface area contributed by atoms with Crippen LogP contribution in [-0.2, 0) is 87.9 Å². The van der Waals surface area contributed by atoms with E-state index in [0.29, 0.717) is 5.69 Å². The molecular formula is C72H121N17O27. The fourth-order valence-corrected chi connectivity index (χ4v) is 12.6. The van der Waals surface area contributed by atoms with E-state index in [4.69, 9.17) is 10.5 Å². The number of aliphatic hydroxyl groups is 7. The van der Waals surface area contributed by atoms with Crippen molar-refractivity contribution in [1.29, 1.82) is 0 Å². The van der Waals surface area contributed by atoms with E-state index in [2.05, 4.69) is 79.1 Å². The first-order chi connectivity index (χ1) is 54.3. The summed E-state index contributed by atoms with van der Waals surface area (Å²) in [5, 5.41) is 134. The van der Waals surface area contributed by atoms with Gasteiger partial charge in [-0.25, -0.2) is 9.78 Å². The van der Waals surface area contributed by atoms with Gasteiger partial charge in [-0.3, -0.25) is 77.2 Å². The molecule has 116 heavy (non-hydrogen) atoms. The number of carbonyl (C=O) groups is 16. The van der Waals surface area contributed by atoms with Crippen LogP contribution in [-0.4, -0.2) is 314 Å². The SMILES string of the molecule is CC(C)C[C@H](NC(=O)[C@H](C)NC(=O)[C@@H](NC(=O)[C@@H](NC(=O)[C@H](C)NC(=O)[C@H](CO)NC(=O)[C@H](CCCCN)NC(=O)[C@H](CCC(=O)O)NC(=O)[C@H](CCC(=O)O)NC(=O)[C@@H]1CCCN1C(=O)[C@@H](NC(=O)[C@H](CC(C)C)NC(=O)[C@H](Cc1cnc[nH]1)NC(=O)[C@@H](N[C@@]1(CO)O[C@H](CO)[C@@H](O)[C@@H]1O)C(C)C)[C@@H](C)O)C(C)C)[C@@H](C)O)C(=O)O. The number of rotatable bonds is 51. The molecule has 656 valence electrons. The van der Waals surface area contributed by atoms with Crippen LogP contribution in [0.2, 0.25) is 0 Å². The molecule has 0 radical (unpaired) electrons. The summed E-state index contributed by atoms with van der Waals surface area (Å²) in [6, 6.07) is -22.4. The van der Waals surface area contributed by atoms with Crippen LogP contribution in [0.1, 0.15) is 159 Å². The standard InChI is InChI=1S/C72H121N17O27/c1-32(2)24-44(81-63(106)45(26-40-27-74-31-75-40)82-68(111)53(35(7)8)88-72(30-92)57(100)56(99)49(29-91)116-72)64(107)87-55(39(12)94)70(113)89-23-15-17-48(89)66(109)80-43(19-21-51(97)98)62(105)79-42(18-20-50(95)96)61(104)78-41(16-13-14-22-73)60(103)84-47(28-90)65(108)76-37(10)59(102)85-52(34(5)6)67(110)86-54(38(11)93)69(112)77-36(9)58(101)83-46(71(114)115)25-33(3)4/h27,31-39,41-49,52-57,88,90-94,99-100H,13-26,28-30,73H2,1-12H3,(H,74,75)(H,76,108)(H,77,112)(H,78,104)(H,79,105)(H,80,109)(H,81,106)(H,82,111)(H,83,101)(H,84,103)(H,85,102)(H,86,110)(H,87,107)(H,95,96)(H,97,98)(H,114,115)/t36-,37-,38+,39+,41-,42-,43-,44-,45-,46-,47-,48-,49+,52-,53-,54-,55-,56+,57-,72-/m0/s1. The minimum Gasteiger partial charge on any atom is -0.481 e. The molecule has 0 aromatic carbocycles. The van der Waals surface area contributed by atoms with Crippen LogP contribution in [0.25, 0.3) is 0 Å².